The highest BCUT2D eigenvalue weighted by atomic mass is 79.9. The van der Waals surface area contributed by atoms with Crippen LogP contribution in [0.5, 0.6) is 0 Å². The molecule has 2 aromatic heterocycles. The number of carbonyl (C=O) groups is 1. The zero-order valence-electron chi connectivity index (χ0n) is 11.9. The van der Waals surface area contributed by atoms with Crippen molar-refractivity contribution in [2.24, 2.45) is 7.05 Å². The summed E-state index contributed by atoms with van der Waals surface area (Å²) in [5.74, 6) is 0.0971. The Bertz CT molecular complexity index is 604. The summed E-state index contributed by atoms with van der Waals surface area (Å²) in [6, 6.07) is 0. The molecule has 0 aliphatic rings. The average molecular weight is 340 g/mol. The van der Waals surface area contributed by atoms with E-state index in [1.165, 1.54) is 0 Å². The number of aromatic nitrogens is 4. The third-order valence-corrected chi connectivity index (χ3v) is 3.74. The van der Waals surface area contributed by atoms with Gasteiger partial charge < -0.3 is 4.90 Å². The minimum atomic E-state index is 0.0971. The number of hydrogen-bond donors (Lipinski definition) is 0. The Balaban J connectivity index is 1.87. The van der Waals surface area contributed by atoms with Crippen LogP contribution in [0.2, 0.25) is 0 Å². The molecule has 0 atom stereocenters. The van der Waals surface area contributed by atoms with Crippen molar-refractivity contribution in [1.29, 1.82) is 0 Å². The first-order valence-corrected chi connectivity index (χ1v) is 7.16. The number of halogens is 1. The Morgan fingerprint density at radius 1 is 1.40 bits per heavy atom. The number of carbonyl (C=O) groups excluding carboxylic acids is 1. The average Bonchev–Trinajstić information content (AvgIpc) is 2.96. The molecule has 6 nitrogen and oxygen atoms in total. The Kier molecular flexibility index (Phi) is 4.59. The molecular weight excluding hydrogens is 322 g/mol. The lowest BCUT2D eigenvalue weighted by molar-refractivity contribution is -0.130. The molecule has 2 aromatic rings. The molecule has 7 heteroatoms. The van der Waals surface area contributed by atoms with E-state index >= 15 is 0 Å². The maximum absolute atomic E-state index is 12.1. The molecule has 0 radical (unpaired) electrons. The van der Waals surface area contributed by atoms with Gasteiger partial charge in [0.2, 0.25) is 5.91 Å². The molecule has 1 amide bonds. The second-order valence-corrected chi connectivity index (χ2v) is 5.72. The van der Waals surface area contributed by atoms with E-state index in [2.05, 4.69) is 26.1 Å². The topological polar surface area (TPSA) is 56.0 Å². The van der Waals surface area contributed by atoms with Gasteiger partial charge in [-0.15, -0.1) is 0 Å². The number of amides is 1. The Labute approximate surface area is 126 Å². The highest BCUT2D eigenvalue weighted by Gasteiger charge is 2.12. The summed E-state index contributed by atoms with van der Waals surface area (Å²) < 4.78 is 4.49. The normalized spacial score (nSPS) is 10.8. The summed E-state index contributed by atoms with van der Waals surface area (Å²) in [7, 11) is 3.71. The standard InChI is InChI=1S/C13H18BrN5O/c1-10-11(6-15-18(10)3)8-17(2)13(20)4-5-19-9-12(14)7-16-19/h6-7,9H,4-5,8H2,1-3H3. The third-order valence-electron chi connectivity index (χ3n) is 3.33. The molecule has 2 heterocycles. The van der Waals surface area contributed by atoms with E-state index in [1.807, 2.05) is 38.1 Å². The lowest BCUT2D eigenvalue weighted by atomic mass is 10.2. The highest BCUT2D eigenvalue weighted by Crippen LogP contribution is 2.10. The van der Waals surface area contributed by atoms with Gasteiger partial charge in [0, 0.05) is 51.1 Å². The van der Waals surface area contributed by atoms with Crippen LogP contribution in [0.4, 0.5) is 0 Å². The maximum Gasteiger partial charge on any atom is 0.224 e. The number of hydrogen-bond acceptors (Lipinski definition) is 3. The predicted molar refractivity (Wildman–Crippen MR) is 79.0 cm³/mol. The number of rotatable bonds is 5. The van der Waals surface area contributed by atoms with Crippen LogP contribution >= 0.6 is 15.9 Å². The fourth-order valence-electron chi connectivity index (χ4n) is 1.90. The first-order chi connectivity index (χ1) is 9.47. The van der Waals surface area contributed by atoms with Crippen molar-refractivity contribution in [3.8, 4) is 0 Å². The van der Waals surface area contributed by atoms with Gasteiger partial charge >= 0.3 is 0 Å². The second-order valence-electron chi connectivity index (χ2n) is 4.80. The second kappa shape index (κ2) is 6.21. The van der Waals surface area contributed by atoms with Crippen LogP contribution in [0.15, 0.2) is 23.1 Å². The SMILES string of the molecule is Cc1c(CN(C)C(=O)CCn2cc(Br)cn2)cnn1C. The number of nitrogens with zero attached hydrogens (tertiary/aromatic N) is 5. The van der Waals surface area contributed by atoms with Crippen LogP contribution in [-0.2, 0) is 24.9 Å². The van der Waals surface area contributed by atoms with Crippen molar-refractivity contribution in [3.63, 3.8) is 0 Å². The van der Waals surface area contributed by atoms with Crippen molar-refractivity contribution in [3.05, 3.63) is 34.3 Å². The van der Waals surface area contributed by atoms with Crippen molar-refractivity contribution < 1.29 is 4.79 Å². The maximum atomic E-state index is 12.1. The molecule has 0 saturated heterocycles. The van der Waals surface area contributed by atoms with E-state index in [0.29, 0.717) is 19.5 Å². The molecular formula is C13H18BrN5O. The van der Waals surface area contributed by atoms with Gasteiger partial charge in [-0.25, -0.2) is 0 Å². The van der Waals surface area contributed by atoms with Gasteiger partial charge in [-0.3, -0.25) is 14.2 Å². The van der Waals surface area contributed by atoms with Crippen LogP contribution in [0.25, 0.3) is 0 Å². The Hall–Kier alpha value is -1.63. The Morgan fingerprint density at radius 3 is 2.70 bits per heavy atom. The minimum Gasteiger partial charge on any atom is -0.341 e. The fourth-order valence-corrected chi connectivity index (χ4v) is 2.23. The third kappa shape index (κ3) is 3.47. The molecule has 0 aliphatic carbocycles. The summed E-state index contributed by atoms with van der Waals surface area (Å²) in [6.45, 7) is 3.17. The zero-order chi connectivity index (χ0) is 14.7. The first kappa shape index (κ1) is 14.8. The van der Waals surface area contributed by atoms with Crippen molar-refractivity contribution in [2.75, 3.05) is 7.05 Å². The van der Waals surface area contributed by atoms with Crippen LogP contribution in [-0.4, -0.2) is 37.4 Å². The van der Waals surface area contributed by atoms with Gasteiger partial charge in [-0.2, -0.15) is 10.2 Å². The smallest absolute Gasteiger partial charge is 0.224 e. The van der Waals surface area contributed by atoms with Gasteiger partial charge in [0.05, 0.1) is 16.9 Å². The van der Waals surface area contributed by atoms with Gasteiger partial charge in [0.25, 0.3) is 0 Å². The highest BCUT2D eigenvalue weighted by molar-refractivity contribution is 9.10. The van der Waals surface area contributed by atoms with Crippen LogP contribution in [0.3, 0.4) is 0 Å². The monoisotopic (exact) mass is 339 g/mol. The first-order valence-electron chi connectivity index (χ1n) is 6.36. The van der Waals surface area contributed by atoms with Gasteiger partial charge in [0.15, 0.2) is 0 Å². The van der Waals surface area contributed by atoms with E-state index < -0.39 is 0 Å². The Morgan fingerprint density at radius 2 is 2.15 bits per heavy atom. The summed E-state index contributed by atoms with van der Waals surface area (Å²) in [5, 5.41) is 8.32. The molecule has 0 aromatic carbocycles. The predicted octanol–water partition coefficient (Wildman–Crippen LogP) is 1.74. The molecule has 108 valence electrons. The van der Waals surface area contributed by atoms with Crippen LogP contribution in [0.1, 0.15) is 17.7 Å². The van der Waals surface area contributed by atoms with E-state index in [9.17, 15) is 4.79 Å². The largest absolute Gasteiger partial charge is 0.341 e. The summed E-state index contributed by atoms with van der Waals surface area (Å²) in [4.78, 5) is 13.8. The molecule has 0 N–H and O–H groups in total. The van der Waals surface area contributed by atoms with Crippen LogP contribution in [0, 0.1) is 6.92 Å². The quantitative estimate of drug-likeness (QED) is 0.833. The molecule has 0 spiro atoms. The van der Waals surface area contributed by atoms with Crippen LogP contribution < -0.4 is 0 Å². The molecule has 0 unspecified atom stereocenters. The van der Waals surface area contributed by atoms with E-state index in [4.69, 9.17) is 0 Å². The van der Waals surface area contributed by atoms with E-state index in [-0.39, 0.29) is 5.91 Å². The number of aryl methyl sites for hydroxylation is 2. The van der Waals surface area contributed by atoms with E-state index in [0.717, 1.165) is 15.7 Å². The van der Waals surface area contributed by atoms with Gasteiger partial charge in [-0.05, 0) is 22.9 Å². The van der Waals surface area contributed by atoms with Crippen molar-refractivity contribution >= 4 is 21.8 Å². The summed E-state index contributed by atoms with van der Waals surface area (Å²) >= 11 is 3.33. The summed E-state index contributed by atoms with van der Waals surface area (Å²) in [6.07, 6.45) is 5.82. The molecule has 2 rings (SSSR count). The zero-order valence-corrected chi connectivity index (χ0v) is 13.5. The molecule has 0 fully saturated rings. The molecule has 0 bridgehead atoms. The van der Waals surface area contributed by atoms with Crippen molar-refractivity contribution in [2.45, 2.75) is 26.4 Å². The lowest BCUT2D eigenvalue weighted by Crippen LogP contribution is -2.27. The van der Waals surface area contributed by atoms with Crippen molar-refractivity contribution in [1.82, 2.24) is 24.5 Å². The summed E-state index contributed by atoms with van der Waals surface area (Å²) in [5.41, 5.74) is 2.16. The van der Waals surface area contributed by atoms with E-state index in [1.54, 1.807) is 15.8 Å². The van der Waals surface area contributed by atoms with Gasteiger partial charge in [0.1, 0.15) is 0 Å². The molecule has 0 aliphatic heterocycles. The molecule has 0 saturated carbocycles. The fraction of sp³-hybridized carbons (Fsp3) is 0.462. The van der Waals surface area contributed by atoms with Gasteiger partial charge in [-0.1, -0.05) is 0 Å². The lowest BCUT2D eigenvalue weighted by Gasteiger charge is -2.17. The minimum absolute atomic E-state index is 0.0971. The molecule has 20 heavy (non-hydrogen) atoms.